The average Bonchev–Trinajstić information content (AvgIpc) is 2.20. The molecule has 3 N–H and O–H groups in total. The second kappa shape index (κ2) is 4.74. The monoisotopic (exact) mass is 285 g/mol. The Kier molecular flexibility index (Phi) is 3.87. The van der Waals surface area contributed by atoms with E-state index in [-0.39, 0.29) is 10.6 Å². The predicted molar refractivity (Wildman–Crippen MR) is 55.7 cm³/mol. The summed E-state index contributed by atoms with van der Waals surface area (Å²) in [5.41, 5.74) is 1.22. The Labute approximate surface area is 104 Å². The van der Waals surface area contributed by atoms with Crippen molar-refractivity contribution < 1.29 is 27.5 Å². The lowest BCUT2D eigenvalue weighted by Crippen LogP contribution is -2.61. The normalized spacial score (nSPS) is 15.2. The van der Waals surface area contributed by atoms with E-state index in [1.54, 1.807) is 0 Å². The van der Waals surface area contributed by atoms with Gasteiger partial charge in [0.05, 0.1) is 0 Å². The van der Waals surface area contributed by atoms with Crippen LogP contribution in [0.4, 0.5) is 17.6 Å². The largest absolute Gasteiger partial charge is 0.480 e. The second-order valence-electron chi connectivity index (χ2n) is 3.69. The third kappa shape index (κ3) is 2.73. The van der Waals surface area contributed by atoms with E-state index in [1.165, 1.54) is 0 Å². The Bertz CT molecular complexity index is 477. The van der Waals surface area contributed by atoms with E-state index in [1.807, 2.05) is 0 Å². The number of carboxylic acids is 1. The summed E-state index contributed by atoms with van der Waals surface area (Å²) in [7, 11) is 0. The minimum atomic E-state index is -5.16. The zero-order valence-corrected chi connectivity index (χ0v) is 9.52. The van der Waals surface area contributed by atoms with Gasteiger partial charge in [-0.15, -0.1) is 0 Å². The van der Waals surface area contributed by atoms with Crippen molar-refractivity contribution in [2.75, 3.05) is 0 Å². The van der Waals surface area contributed by atoms with Gasteiger partial charge in [0.15, 0.2) is 0 Å². The highest BCUT2D eigenvalue weighted by atomic mass is 35.5. The molecule has 0 aliphatic heterocycles. The second-order valence-corrected chi connectivity index (χ2v) is 4.09. The summed E-state index contributed by atoms with van der Waals surface area (Å²) in [6.45, 7) is 0. The molecular weight excluding hydrogens is 278 g/mol. The van der Waals surface area contributed by atoms with E-state index in [9.17, 15) is 22.4 Å². The molecule has 100 valence electrons. The Balaban J connectivity index is 3.17. The maximum atomic E-state index is 12.7. The van der Waals surface area contributed by atoms with Gasteiger partial charge in [-0.25, -0.2) is 9.18 Å². The van der Waals surface area contributed by atoms with Crippen molar-refractivity contribution in [3.8, 4) is 0 Å². The standard InChI is InChI=1S/C10H8ClF4NO2/c11-7-3-6(12)2-1-5(7)4-9(16,8(17)18)10(13,14)15/h1-3H,4,16H2,(H,17,18). The molecule has 0 aliphatic carbocycles. The number of aliphatic carboxylic acids is 1. The van der Waals surface area contributed by atoms with E-state index in [4.69, 9.17) is 22.4 Å². The molecule has 0 spiro atoms. The lowest BCUT2D eigenvalue weighted by Gasteiger charge is -2.27. The van der Waals surface area contributed by atoms with E-state index < -0.39 is 29.9 Å². The number of halogens is 5. The lowest BCUT2D eigenvalue weighted by molar-refractivity contribution is -0.201. The smallest absolute Gasteiger partial charge is 0.417 e. The van der Waals surface area contributed by atoms with Crippen molar-refractivity contribution in [3.05, 3.63) is 34.6 Å². The molecule has 0 bridgehead atoms. The zero-order chi connectivity index (χ0) is 14.1. The van der Waals surface area contributed by atoms with Gasteiger partial charge in [0.1, 0.15) is 5.82 Å². The van der Waals surface area contributed by atoms with Crippen LogP contribution >= 0.6 is 11.6 Å². The van der Waals surface area contributed by atoms with Gasteiger partial charge in [0.2, 0.25) is 5.54 Å². The van der Waals surface area contributed by atoms with Gasteiger partial charge in [-0.05, 0) is 17.7 Å². The topological polar surface area (TPSA) is 63.3 Å². The molecule has 0 radical (unpaired) electrons. The number of rotatable bonds is 3. The first kappa shape index (κ1) is 14.7. The quantitative estimate of drug-likeness (QED) is 0.838. The Hall–Kier alpha value is -1.34. The van der Waals surface area contributed by atoms with Gasteiger partial charge in [-0.1, -0.05) is 17.7 Å². The molecule has 8 heteroatoms. The Morgan fingerprint density at radius 2 is 1.94 bits per heavy atom. The van der Waals surface area contributed by atoms with E-state index in [2.05, 4.69) is 0 Å². The number of benzene rings is 1. The molecule has 0 amide bonds. The van der Waals surface area contributed by atoms with Gasteiger partial charge in [0.25, 0.3) is 0 Å². The molecule has 1 aromatic carbocycles. The third-order valence-electron chi connectivity index (χ3n) is 2.37. The van der Waals surface area contributed by atoms with Crippen LogP contribution in [-0.2, 0) is 11.2 Å². The van der Waals surface area contributed by atoms with Gasteiger partial charge < -0.3 is 10.8 Å². The average molecular weight is 286 g/mol. The molecule has 3 nitrogen and oxygen atoms in total. The SMILES string of the molecule is NC(Cc1ccc(F)cc1Cl)(C(=O)O)C(F)(F)F. The summed E-state index contributed by atoms with van der Waals surface area (Å²) in [6.07, 6.45) is -6.23. The molecule has 0 aliphatic rings. The van der Waals surface area contributed by atoms with Crippen LogP contribution < -0.4 is 5.73 Å². The van der Waals surface area contributed by atoms with Gasteiger partial charge in [-0.2, -0.15) is 13.2 Å². The van der Waals surface area contributed by atoms with Crippen molar-refractivity contribution in [2.24, 2.45) is 5.73 Å². The minimum absolute atomic E-state index is 0.194. The van der Waals surface area contributed by atoms with Crippen LogP contribution in [0.1, 0.15) is 5.56 Å². The molecule has 18 heavy (non-hydrogen) atoms. The van der Waals surface area contributed by atoms with Gasteiger partial charge in [-0.3, -0.25) is 0 Å². The van der Waals surface area contributed by atoms with Crippen LogP contribution in [0.3, 0.4) is 0 Å². The highest BCUT2D eigenvalue weighted by Gasteiger charge is 2.58. The Morgan fingerprint density at radius 1 is 1.39 bits per heavy atom. The first-order valence-corrected chi connectivity index (χ1v) is 4.98. The van der Waals surface area contributed by atoms with E-state index in [0.29, 0.717) is 0 Å². The number of carboxylic acid groups (broad SMARTS) is 1. The van der Waals surface area contributed by atoms with Crippen molar-refractivity contribution in [1.82, 2.24) is 0 Å². The van der Waals surface area contributed by atoms with Crippen LogP contribution in [0.25, 0.3) is 0 Å². The summed E-state index contributed by atoms with van der Waals surface area (Å²) in [6, 6.07) is 2.63. The molecule has 1 rings (SSSR count). The van der Waals surface area contributed by atoms with Crippen LogP contribution in [0.2, 0.25) is 5.02 Å². The van der Waals surface area contributed by atoms with Crippen molar-refractivity contribution >= 4 is 17.6 Å². The minimum Gasteiger partial charge on any atom is -0.480 e. The number of alkyl halides is 3. The van der Waals surface area contributed by atoms with Gasteiger partial charge in [0, 0.05) is 11.4 Å². The molecule has 1 unspecified atom stereocenters. The molecular formula is C10H8ClF4NO2. The maximum absolute atomic E-state index is 12.7. The molecule has 0 fully saturated rings. The zero-order valence-electron chi connectivity index (χ0n) is 8.76. The van der Waals surface area contributed by atoms with Crippen LogP contribution in [-0.4, -0.2) is 22.8 Å². The highest BCUT2D eigenvalue weighted by Crippen LogP contribution is 2.33. The van der Waals surface area contributed by atoms with E-state index >= 15 is 0 Å². The molecule has 0 saturated carbocycles. The first-order valence-electron chi connectivity index (χ1n) is 4.61. The molecule has 0 aromatic heterocycles. The van der Waals surface area contributed by atoms with Crippen LogP contribution in [0, 0.1) is 5.82 Å². The predicted octanol–water partition coefficient (Wildman–Crippen LogP) is 2.37. The number of hydrogen-bond acceptors (Lipinski definition) is 2. The van der Waals surface area contributed by atoms with Crippen molar-refractivity contribution in [3.63, 3.8) is 0 Å². The highest BCUT2D eigenvalue weighted by molar-refractivity contribution is 6.31. The fourth-order valence-electron chi connectivity index (χ4n) is 1.26. The summed E-state index contributed by atoms with van der Waals surface area (Å²) in [5, 5.41) is 8.30. The van der Waals surface area contributed by atoms with Crippen LogP contribution in [0.15, 0.2) is 18.2 Å². The fraction of sp³-hybridized carbons (Fsp3) is 0.300. The summed E-state index contributed by atoms with van der Waals surface area (Å²) < 4.78 is 50.6. The number of hydrogen-bond donors (Lipinski definition) is 2. The molecule has 0 saturated heterocycles. The number of carbonyl (C=O) groups is 1. The molecule has 1 aromatic rings. The molecule has 1 atom stereocenters. The van der Waals surface area contributed by atoms with Crippen molar-refractivity contribution in [2.45, 2.75) is 18.1 Å². The van der Waals surface area contributed by atoms with E-state index in [0.717, 1.165) is 18.2 Å². The maximum Gasteiger partial charge on any atom is 0.417 e. The summed E-state index contributed by atoms with van der Waals surface area (Å²) in [5.74, 6) is -2.97. The van der Waals surface area contributed by atoms with Crippen LogP contribution in [0.5, 0.6) is 0 Å². The third-order valence-corrected chi connectivity index (χ3v) is 2.72. The fourth-order valence-corrected chi connectivity index (χ4v) is 1.50. The summed E-state index contributed by atoms with van der Waals surface area (Å²) in [4.78, 5) is 10.7. The Morgan fingerprint density at radius 3 is 2.33 bits per heavy atom. The summed E-state index contributed by atoms with van der Waals surface area (Å²) >= 11 is 5.53. The number of nitrogens with two attached hydrogens (primary N) is 1. The molecule has 0 heterocycles. The van der Waals surface area contributed by atoms with Gasteiger partial charge >= 0.3 is 12.1 Å². The van der Waals surface area contributed by atoms with Crippen molar-refractivity contribution in [1.29, 1.82) is 0 Å². The lowest BCUT2D eigenvalue weighted by atomic mass is 9.91. The first-order chi connectivity index (χ1) is 8.08.